The number of nitrogens with two attached hydrogens (primary N) is 1. The number of amides is 2. The molecule has 2 amide bonds. The van der Waals surface area contributed by atoms with Crippen LogP contribution in [0.15, 0.2) is 24.3 Å². The summed E-state index contributed by atoms with van der Waals surface area (Å²) in [6.07, 6.45) is 10.0. The Kier molecular flexibility index (Phi) is 6.96. The molecule has 0 aliphatic heterocycles. The highest BCUT2D eigenvalue weighted by molar-refractivity contribution is 5.96. The standard InChI is InChI=1S/C25H36N2O5/c1-15(22(30)27-18(23(31)32)6-7-21(26)29)5-4-10-24(3)19-13-17-8-11-25(19,14-16(17)2)12-9-20(24)28/h9,12,15,17-19H,2,4-8,10-11,13-14H2,1,3H3,(H2,26,29)(H,27,30)(H,31,32)/t15?,17-,18-,19-,24-,25+/m0/s1. The second-order valence-corrected chi connectivity index (χ2v) is 10.4. The normalized spacial score (nSPS) is 32.8. The molecule has 0 heterocycles. The smallest absolute Gasteiger partial charge is 0.326 e. The Morgan fingerprint density at radius 2 is 2.06 bits per heavy atom. The highest BCUT2D eigenvalue weighted by Crippen LogP contribution is 2.64. The monoisotopic (exact) mass is 444 g/mol. The predicted molar refractivity (Wildman–Crippen MR) is 120 cm³/mol. The van der Waals surface area contributed by atoms with E-state index in [1.165, 1.54) is 5.57 Å². The van der Waals surface area contributed by atoms with E-state index in [1.54, 1.807) is 13.0 Å². The molecule has 3 fully saturated rings. The number of hydrogen-bond acceptors (Lipinski definition) is 4. The highest BCUT2D eigenvalue weighted by Gasteiger charge is 2.57. The van der Waals surface area contributed by atoms with Gasteiger partial charge in [-0.2, -0.15) is 0 Å². The molecular weight excluding hydrogens is 408 g/mol. The van der Waals surface area contributed by atoms with Crippen LogP contribution in [0, 0.1) is 28.6 Å². The molecule has 3 saturated carbocycles. The molecule has 7 heteroatoms. The van der Waals surface area contributed by atoms with Crippen molar-refractivity contribution in [2.75, 3.05) is 0 Å². The van der Waals surface area contributed by atoms with Gasteiger partial charge >= 0.3 is 5.97 Å². The van der Waals surface area contributed by atoms with Gasteiger partial charge < -0.3 is 16.2 Å². The molecule has 0 aromatic rings. The lowest BCUT2D eigenvalue weighted by Gasteiger charge is -2.59. The molecule has 2 bridgehead atoms. The first-order valence-electron chi connectivity index (χ1n) is 11.7. The summed E-state index contributed by atoms with van der Waals surface area (Å²) >= 11 is 0. The van der Waals surface area contributed by atoms with Gasteiger partial charge in [-0.25, -0.2) is 4.79 Å². The summed E-state index contributed by atoms with van der Waals surface area (Å²) in [5.41, 5.74) is 6.02. The van der Waals surface area contributed by atoms with E-state index < -0.39 is 23.3 Å². The molecular formula is C25H36N2O5. The van der Waals surface area contributed by atoms with Crippen LogP contribution < -0.4 is 11.1 Å². The summed E-state index contributed by atoms with van der Waals surface area (Å²) in [4.78, 5) is 47.8. The second kappa shape index (κ2) is 9.20. The number of carboxylic acids is 1. The fourth-order valence-electron chi connectivity index (χ4n) is 6.22. The van der Waals surface area contributed by atoms with E-state index in [4.69, 9.17) is 5.73 Å². The summed E-state index contributed by atoms with van der Waals surface area (Å²) in [5.74, 6) is -1.52. The lowest BCUT2D eigenvalue weighted by molar-refractivity contribution is -0.143. The third kappa shape index (κ3) is 4.66. The molecule has 176 valence electrons. The van der Waals surface area contributed by atoms with E-state index in [-0.39, 0.29) is 35.9 Å². The number of fused-ring (bicyclic) bond motifs is 2. The van der Waals surface area contributed by atoms with Gasteiger partial charge in [0, 0.05) is 17.8 Å². The fourth-order valence-corrected chi connectivity index (χ4v) is 6.22. The number of hydrogen-bond donors (Lipinski definition) is 3. The molecule has 1 spiro atoms. The maximum Gasteiger partial charge on any atom is 0.326 e. The zero-order valence-corrected chi connectivity index (χ0v) is 19.2. The summed E-state index contributed by atoms with van der Waals surface area (Å²) in [6, 6.07) is -1.13. The van der Waals surface area contributed by atoms with Crippen LogP contribution in [-0.4, -0.2) is 34.7 Å². The quantitative estimate of drug-likeness (QED) is 0.446. The van der Waals surface area contributed by atoms with Crippen LogP contribution in [-0.2, 0) is 19.2 Å². The first-order valence-corrected chi connectivity index (χ1v) is 11.7. The third-order valence-corrected chi connectivity index (χ3v) is 8.28. The number of rotatable bonds is 10. The van der Waals surface area contributed by atoms with Crippen molar-refractivity contribution in [3.63, 3.8) is 0 Å². The molecule has 32 heavy (non-hydrogen) atoms. The van der Waals surface area contributed by atoms with E-state index in [1.807, 2.05) is 0 Å². The molecule has 4 aliphatic rings. The van der Waals surface area contributed by atoms with Crippen LogP contribution in [0.1, 0.15) is 71.6 Å². The SMILES string of the molecule is C=C1C[C@@]23C=CC(=O)[C@@](C)(CCCC(C)C(=O)N[C@@H](CCC(N)=O)C(=O)O)[C@@H]2C[C@@H]1CC3. The average Bonchev–Trinajstić information content (AvgIpc) is 2.73. The maximum absolute atomic E-state index is 13.0. The van der Waals surface area contributed by atoms with Crippen molar-refractivity contribution in [2.24, 2.45) is 34.3 Å². The van der Waals surface area contributed by atoms with Crippen molar-refractivity contribution in [1.29, 1.82) is 0 Å². The molecule has 4 aliphatic carbocycles. The number of nitrogens with one attached hydrogen (secondary N) is 1. The van der Waals surface area contributed by atoms with Crippen molar-refractivity contribution in [3.8, 4) is 0 Å². The van der Waals surface area contributed by atoms with Crippen molar-refractivity contribution >= 4 is 23.6 Å². The number of carbonyl (C=O) groups excluding carboxylic acids is 3. The van der Waals surface area contributed by atoms with E-state index in [0.717, 1.165) is 25.7 Å². The zero-order chi connectivity index (χ0) is 23.7. The van der Waals surface area contributed by atoms with Gasteiger partial charge in [-0.1, -0.05) is 38.5 Å². The fraction of sp³-hybridized carbons (Fsp3) is 0.680. The van der Waals surface area contributed by atoms with Crippen LogP contribution in [0.2, 0.25) is 0 Å². The number of ketones is 1. The van der Waals surface area contributed by atoms with Crippen LogP contribution >= 0.6 is 0 Å². The molecule has 7 nitrogen and oxygen atoms in total. The molecule has 0 aromatic carbocycles. The van der Waals surface area contributed by atoms with E-state index in [2.05, 4.69) is 24.9 Å². The first-order chi connectivity index (χ1) is 15.0. The number of aliphatic carboxylic acids is 1. The molecule has 0 saturated heterocycles. The molecule has 0 radical (unpaired) electrons. The first kappa shape index (κ1) is 24.2. The summed E-state index contributed by atoms with van der Waals surface area (Å²) < 4.78 is 0. The molecule has 1 unspecified atom stereocenters. The summed E-state index contributed by atoms with van der Waals surface area (Å²) in [6.45, 7) is 8.13. The average molecular weight is 445 g/mol. The second-order valence-electron chi connectivity index (χ2n) is 10.4. The van der Waals surface area contributed by atoms with Crippen LogP contribution in [0.25, 0.3) is 0 Å². The number of allylic oxidation sites excluding steroid dienone is 3. The Bertz CT molecular complexity index is 849. The lowest BCUT2D eigenvalue weighted by Crippen LogP contribution is -2.53. The van der Waals surface area contributed by atoms with Crippen molar-refractivity contribution in [2.45, 2.75) is 77.7 Å². The van der Waals surface area contributed by atoms with Gasteiger partial charge in [0.25, 0.3) is 0 Å². The van der Waals surface area contributed by atoms with E-state index in [0.29, 0.717) is 31.1 Å². The van der Waals surface area contributed by atoms with Gasteiger partial charge in [0.05, 0.1) is 0 Å². The van der Waals surface area contributed by atoms with Gasteiger partial charge in [-0.15, -0.1) is 0 Å². The Morgan fingerprint density at radius 3 is 2.69 bits per heavy atom. The van der Waals surface area contributed by atoms with E-state index in [9.17, 15) is 24.3 Å². The zero-order valence-electron chi connectivity index (χ0n) is 19.2. The number of carbonyl (C=O) groups is 4. The van der Waals surface area contributed by atoms with Crippen molar-refractivity contribution in [1.82, 2.24) is 5.32 Å². The Morgan fingerprint density at radius 1 is 1.34 bits per heavy atom. The van der Waals surface area contributed by atoms with Crippen molar-refractivity contribution in [3.05, 3.63) is 24.3 Å². The minimum Gasteiger partial charge on any atom is -0.480 e. The highest BCUT2D eigenvalue weighted by atomic mass is 16.4. The minimum atomic E-state index is -1.18. The maximum atomic E-state index is 13.0. The van der Waals surface area contributed by atoms with E-state index >= 15 is 0 Å². The molecule has 0 aromatic heterocycles. The van der Waals surface area contributed by atoms with Gasteiger partial charge in [0.1, 0.15) is 6.04 Å². The lowest BCUT2D eigenvalue weighted by atomic mass is 9.44. The van der Waals surface area contributed by atoms with Gasteiger partial charge in [0.15, 0.2) is 5.78 Å². The molecule has 6 atom stereocenters. The van der Waals surface area contributed by atoms with Gasteiger partial charge in [0.2, 0.25) is 11.8 Å². The molecule has 4 rings (SSSR count). The van der Waals surface area contributed by atoms with Gasteiger partial charge in [-0.05, 0) is 68.3 Å². The largest absolute Gasteiger partial charge is 0.480 e. The predicted octanol–water partition coefficient (Wildman–Crippen LogP) is 3.14. The Hall–Kier alpha value is -2.44. The summed E-state index contributed by atoms with van der Waals surface area (Å²) in [7, 11) is 0. The number of primary amides is 1. The van der Waals surface area contributed by atoms with Crippen molar-refractivity contribution < 1.29 is 24.3 Å². The van der Waals surface area contributed by atoms with Gasteiger partial charge in [-0.3, -0.25) is 14.4 Å². The van der Waals surface area contributed by atoms with Crippen LogP contribution in [0.4, 0.5) is 0 Å². The topological polar surface area (TPSA) is 127 Å². The Balaban J connectivity index is 1.58. The van der Waals surface area contributed by atoms with Crippen LogP contribution in [0.3, 0.4) is 0 Å². The minimum absolute atomic E-state index is 0.0295. The summed E-state index contributed by atoms with van der Waals surface area (Å²) in [5, 5.41) is 11.8. The number of carboxylic acid groups (broad SMARTS) is 1. The third-order valence-electron chi connectivity index (χ3n) is 8.28. The van der Waals surface area contributed by atoms with Crippen LogP contribution in [0.5, 0.6) is 0 Å². The molecule has 4 N–H and O–H groups in total. The Labute approximate surface area is 189 Å².